The van der Waals surface area contributed by atoms with Gasteiger partial charge in [-0.3, -0.25) is 28.8 Å². The van der Waals surface area contributed by atoms with E-state index in [1.807, 2.05) is 148 Å². The summed E-state index contributed by atoms with van der Waals surface area (Å²) in [5.74, 6) is -1.22. The second kappa shape index (κ2) is 53.9. The maximum atomic E-state index is 13.7. The molecule has 114 heavy (non-hydrogen) atoms. The van der Waals surface area contributed by atoms with Gasteiger partial charge in [0.1, 0.15) is 46.3 Å². The second-order valence-electron chi connectivity index (χ2n) is 31.3. The van der Waals surface area contributed by atoms with Gasteiger partial charge in [-0.05, 0) is 145 Å². The summed E-state index contributed by atoms with van der Waals surface area (Å²) in [6.07, 6.45) is 5.93. The van der Waals surface area contributed by atoms with Crippen LogP contribution in [-0.4, -0.2) is 138 Å². The van der Waals surface area contributed by atoms with Gasteiger partial charge in [-0.25, -0.2) is 8.78 Å². The maximum absolute atomic E-state index is 13.7. The minimum absolute atomic E-state index is 0.0176. The number of benzene rings is 6. The maximum Gasteiger partial charge on any atom is 0.144 e. The van der Waals surface area contributed by atoms with E-state index in [9.17, 15) is 37.5 Å². The van der Waals surface area contributed by atoms with Gasteiger partial charge in [0.15, 0.2) is 0 Å². The Balaban J connectivity index is 0.000000290. The molecule has 0 bridgehead atoms. The van der Waals surface area contributed by atoms with Crippen molar-refractivity contribution in [3.8, 4) is 0 Å². The number of hydrogen-bond acceptors (Lipinski definition) is 15. The highest BCUT2D eigenvalue weighted by atomic mass is 79.9. The molecular formula is C90H123Br3Cl4F2N6O9. The van der Waals surface area contributed by atoms with E-state index in [-0.39, 0.29) is 105 Å². The Kier molecular flexibility index (Phi) is 48.1. The molecular weight excluding hydrogens is 1730 g/mol. The highest BCUT2D eigenvalue weighted by Crippen LogP contribution is 2.32. The van der Waals surface area contributed by atoms with Gasteiger partial charge in [-0.1, -0.05) is 246 Å². The molecule has 24 heteroatoms. The number of Topliss-reactive ketones (excluding diaryl/α,β-unsaturated/α-hetero) is 6. The fourth-order valence-corrected chi connectivity index (χ4v) is 14.3. The number of carbonyl (C=O) groups excluding carboxylic acids is 6. The van der Waals surface area contributed by atoms with Crippen LogP contribution in [0.15, 0.2) is 141 Å². The molecule has 15 nitrogen and oxygen atoms in total. The van der Waals surface area contributed by atoms with E-state index in [2.05, 4.69) is 82.9 Å². The van der Waals surface area contributed by atoms with Crippen molar-refractivity contribution in [1.82, 2.24) is 21.3 Å². The Bertz CT molecular complexity index is 3790. The normalized spacial score (nSPS) is 15.7. The van der Waals surface area contributed by atoms with Crippen LogP contribution in [0.25, 0.3) is 0 Å². The summed E-state index contributed by atoms with van der Waals surface area (Å²) in [7, 11) is 0. The molecule has 9 rings (SSSR count). The van der Waals surface area contributed by atoms with Gasteiger partial charge in [0, 0.05) is 152 Å². The molecule has 3 saturated heterocycles. The van der Waals surface area contributed by atoms with Crippen molar-refractivity contribution in [3.63, 3.8) is 0 Å². The lowest BCUT2D eigenvalue weighted by atomic mass is 9.88. The first-order valence-electron chi connectivity index (χ1n) is 39.9. The molecule has 3 heterocycles. The minimum Gasteiger partial charge on any atom is -0.381 e. The zero-order valence-electron chi connectivity index (χ0n) is 68.8. The smallest absolute Gasteiger partial charge is 0.144 e. The van der Waals surface area contributed by atoms with Crippen LogP contribution < -0.4 is 32.7 Å². The zero-order valence-corrected chi connectivity index (χ0v) is 76.6. The fourth-order valence-electron chi connectivity index (χ4n) is 13.0. The molecule has 6 aromatic carbocycles. The van der Waals surface area contributed by atoms with Crippen LogP contribution in [0.3, 0.4) is 0 Å². The predicted octanol–water partition coefficient (Wildman–Crippen LogP) is 20.4. The van der Waals surface area contributed by atoms with Crippen LogP contribution in [0.2, 0.25) is 20.1 Å². The molecule has 3 fully saturated rings. The van der Waals surface area contributed by atoms with Gasteiger partial charge >= 0.3 is 0 Å². The number of rotatable bonds is 32. The molecule has 0 amide bonds. The van der Waals surface area contributed by atoms with Crippen molar-refractivity contribution in [2.75, 3.05) is 78.9 Å². The van der Waals surface area contributed by atoms with E-state index < -0.39 is 17.6 Å². The van der Waals surface area contributed by atoms with Crippen LogP contribution in [0.4, 0.5) is 8.78 Å². The summed E-state index contributed by atoms with van der Waals surface area (Å²) in [5.41, 5.74) is 16.6. The van der Waals surface area contributed by atoms with E-state index in [0.717, 1.165) is 114 Å². The third-order valence-electron chi connectivity index (χ3n) is 20.0. The molecule has 0 saturated carbocycles. The molecule has 0 spiro atoms. The lowest BCUT2D eigenvalue weighted by Crippen LogP contribution is -2.39. The van der Waals surface area contributed by atoms with Gasteiger partial charge in [0.25, 0.3) is 0 Å². The zero-order chi connectivity index (χ0) is 84.9. The van der Waals surface area contributed by atoms with Crippen molar-refractivity contribution in [1.29, 1.82) is 0 Å². The Morgan fingerprint density at radius 2 is 0.570 bits per heavy atom. The van der Waals surface area contributed by atoms with Crippen LogP contribution >= 0.6 is 94.2 Å². The Labute approximate surface area is 723 Å². The first-order chi connectivity index (χ1) is 54.0. The first-order valence-corrected chi connectivity index (χ1v) is 43.8. The largest absolute Gasteiger partial charge is 0.381 e. The molecule has 0 unspecified atom stereocenters. The van der Waals surface area contributed by atoms with Crippen molar-refractivity contribution in [2.45, 2.75) is 195 Å². The van der Waals surface area contributed by atoms with Gasteiger partial charge in [0.05, 0.1) is 55.6 Å². The van der Waals surface area contributed by atoms with Gasteiger partial charge in [0.2, 0.25) is 0 Å². The molecule has 0 radical (unpaired) electrons. The molecule has 6 atom stereocenters. The fraction of sp³-hybridized carbons (Fsp3) is 0.533. The van der Waals surface area contributed by atoms with Crippen LogP contribution in [-0.2, 0) is 43.0 Å². The third kappa shape index (κ3) is 35.8. The predicted molar refractivity (Wildman–Crippen MR) is 474 cm³/mol. The summed E-state index contributed by atoms with van der Waals surface area (Å²) in [4.78, 5) is 73.6. The van der Waals surface area contributed by atoms with E-state index >= 15 is 0 Å². The minimum atomic E-state index is -0.519. The molecule has 3 aliphatic rings. The van der Waals surface area contributed by atoms with Crippen LogP contribution in [0.5, 0.6) is 0 Å². The summed E-state index contributed by atoms with van der Waals surface area (Å²) < 4.78 is 46.1. The Hall–Kier alpha value is -4.56. The molecule has 3 aliphatic heterocycles. The molecule has 0 aliphatic carbocycles. The monoisotopic (exact) mass is 1850 g/mol. The first kappa shape index (κ1) is 102. The Morgan fingerprint density at radius 1 is 0.342 bits per heavy atom. The van der Waals surface area contributed by atoms with Gasteiger partial charge in [-0.2, -0.15) is 0 Å². The van der Waals surface area contributed by atoms with Gasteiger partial charge < -0.3 is 46.9 Å². The summed E-state index contributed by atoms with van der Waals surface area (Å²) in [6.45, 7) is 34.9. The molecule has 6 aromatic rings. The van der Waals surface area contributed by atoms with Crippen LogP contribution in [0.1, 0.15) is 204 Å². The number of hydrogen-bond donors (Lipinski definition) is 6. The number of ether oxygens (including phenoxy) is 3. The second-order valence-corrected chi connectivity index (χ2v) is 35.6. The quantitative estimate of drug-likeness (QED) is 0.0231. The van der Waals surface area contributed by atoms with E-state index in [1.165, 1.54) is 24.3 Å². The number of nitrogens with one attached hydrogen (secondary N) is 4. The average Bonchev–Trinajstić information content (AvgIpc) is 0.863. The topological polar surface area (TPSA) is 230 Å². The highest BCUT2D eigenvalue weighted by Gasteiger charge is 2.31. The molecule has 8 N–H and O–H groups in total. The Morgan fingerprint density at radius 3 is 0.833 bits per heavy atom. The number of halogens is 9. The van der Waals surface area contributed by atoms with E-state index in [1.54, 1.807) is 38.1 Å². The summed E-state index contributed by atoms with van der Waals surface area (Å²) in [5, 5.41) is 15.0. The SMILES string of the molecule is CC(C)C(=O)[C@H](CN)c1ccc(Br)cc1.CC(C)C(=O)[C@H](CN)c1ccc(Cl)c(F)c1.CC(C)C(=O)[C@H](CNC1CCOCC1)c1ccc(Br)cc1.CC(C)C(=O)[C@H](CNC1CCOCC1)c1ccc(Cl)c(Cl)c1.CC(C)C(=O)[C@H](CNC1CCOCC1)c1ccc(Cl)c(F)c1.CC(C)NC[C@@H](C(=O)C(C)C)c1ccc(Br)cc1. The van der Waals surface area contributed by atoms with Crippen molar-refractivity contribution in [3.05, 3.63) is 206 Å². The van der Waals surface area contributed by atoms with Crippen molar-refractivity contribution < 1.29 is 51.8 Å². The lowest BCUT2D eigenvalue weighted by Gasteiger charge is -2.26. The van der Waals surface area contributed by atoms with Gasteiger partial charge in [-0.15, -0.1) is 0 Å². The highest BCUT2D eigenvalue weighted by molar-refractivity contribution is 9.11. The summed E-state index contributed by atoms with van der Waals surface area (Å²) in [6, 6.07) is 40.0. The van der Waals surface area contributed by atoms with Crippen molar-refractivity contribution >= 4 is 129 Å². The molecule has 630 valence electrons. The average molecular weight is 1850 g/mol. The number of ketones is 6. The van der Waals surface area contributed by atoms with Crippen molar-refractivity contribution in [2.24, 2.45) is 47.0 Å². The number of carbonyl (C=O) groups is 6. The van der Waals surface area contributed by atoms with E-state index in [4.69, 9.17) is 72.1 Å². The number of nitrogens with two attached hydrogens (primary N) is 2. The van der Waals surface area contributed by atoms with Crippen LogP contribution in [0, 0.1) is 47.1 Å². The standard InChI is InChI=1S/C17H24BrNO2.C17H23Cl2NO2.C17H23ClFNO2.C15H22BrNO.C12H16BrNO.C12H15ClFNO/c1-12(2)17(20)16(13-3-5-14(18)6-4-13)11-19-15-7-9-21-10-8-15;2*1-11(2)17(21)14(10-20-13-5-7-22-8-6-13)12-3-4-15(18)16(19)9-12;1-10(2)15(18)14(9-17-11(3)4)12-5-7-13(16)8-6-12;1-8(2)12(15)11(7-14)9-3-5-10(13)6-4-9;1-7(2)12(16)9(6-15)8-3-4-10(13)11(14)5-8/h3-6,12,15-16,19H,7-11H2,1-2H3;2*3-4,9,11,13-14,20H,5-8,10H2,1-2H3;5-8,10-11,14,17H,9H2,1-4H3;3-6,8,11H,7,14H2,1-2H3;3-5,7,9H,6,15H2,1-2H3/t16-;3*14-;11-;9-/m111111/s1. The third-order valence-corrected chi connectivity index (χ3v) is 23.0. The van der Waals surface area contributed by atoms with E-state index in [0.29, 0.717) is 89.6 Å². The summed E-state index contributed by atoms with van der Waals surface area (Å²) >= 11 is 33.6. The molecule has 0 aromatic heterocycles. The lowest BCUT2D eigenvalue weighted by molar-refractivity contribution is -0.124.